The maximum absolute atomic E-state index is 6.18. The van der Waals surface area contributed by atoms with Crippen LogP contribution in [-0.2, 0) is 11.2 Å². The quantitative estimate of drug-likeness (QED) is 0.713. The first kappa shape index (κ1) is 14.2. The maximum Gasteiger partial charge on any atom is 0.119 e. The van der Waals surface area contributed by atoms with Gasteiger partial charge in [-0.1, -0.05) is 19.9 Å². The molecule has 0 unspecified atom stereocenters. The fourth-order valence-electron chi connectivity index (χ4n) is 7.78. The van der Waals surface area contributed by atoms with E-state index in [-0.39, 0.29) is 0 Å². The smallest absolute Gasteiger partial charge is 0.119 e. The van der Waals surface area contributed by atoms with Crippen molar-refractivity contribution in [1.82, 2.24) is 0 Å². The fraction of sp³-hybridized carbons (Fsp3) is 0.727. The number of benzene rings is 1. The van der Waals surface area contributed by atoms with Gasteiger partial charge in [0.2, 0.25) is 0 Å². The molecule has 1 aliphatic heterocycles. The van der Waals surface area contributed by atoms with Gasteiger partial charge in [0.15, 0.2) is 0 Å². The summed E-state index contributed by atoms with van der Waals surface area (Å²) >= 11 is 0. The lowest BCUT2D eigenvalue weighted by Crippen LogP contribution is -2.50. The molecule has 0 N–H and O–H groups in total. The summed E-state index contributed by atoms with van der Waals surface area (Å²) in [6.07, 6.45) is 5.40. The van der Waals surface area contributed by atoms with Crippen molar-refractivity contribution in [3.05, 3.63) is 29.3 Å². The van der Waals surface area contributed by atoms with Crippen LogP contribution in [0.2, 0.25) is 0 Å². The number of epoxide rings is 1. The molecule has 0 aromatic heterocycles. The van der Waals surface area contributed by atoms with Crippen LogP contribution in [0.15, 0.2) is 18.2 Å². The molecular weight excluding hydrogens is 296 g/mol. The summed E-state index contributed by atoms with van der Waals surface area (Å²) in [6, 6.07) is 6.86. The monoisotopic (exact) mass is 324 g/mol. The lowest BCUT2D eigenvalue weighted by molar-refractivity contribution is -0.0296. The van der Waals surface area contributed by atoms with Gasteiger partial charge in [-0.3, -0.25) is 0 Å². The molecule has 0 radical (unpaired) electrons. The van der Waals surface area contributed by atoms with Crippen molar-refractivity contribution in [2.24, 2.45) is 35.0 Å². The van der Waals surface area contributed by atoms with Crippen molar-refractivity contribution >= 4 is 0 Å². The second-order valence-corrected chi connectivity index (χ2v) is 9.60. The molecule has 4 fully saturated rings. The van der Waals surface area contributed by atoms with Crippen molar-refractivity contribution in [3.8, 4) is 5.75 Å². The third kappa shape index (κ3) is 1.45. The van der Waals surface area contributed by atoms with Crippen molar-refractivity contribution in [3.63, 3.8) is 0 Å². The summed E-state index contributed by atoms with van der Waals surface area (Å²) in [5, 5.41) is 0. The summed E-state index contributed by atoms with van der Waals surface area (Å²) < 4.78 is 11.7. The summed E-state index contributed by atoms with van der Waals surface area (Å²) in [7, 11) is 1.78. The Bertz CT molecular complexity index is 721. The summed E-state index contributed by atoms with van der Waals surface area (Å²) in [5.74, 6) is 6.20. The van der Waals surface area contributed by atoms with Crippen molar-refractivity contribution in [2.45, 2.75) is 51.0 Å². The van der Waals surface area contributed by atoms with E-state index in [1.54, 1.807) is 18.2 Å². The minimum Gasteiger partial charge on any atom is -0.497 e. The molecule has 128 valence electrons. The van der Waals surface area contributed by atoms with Crippen molar-refractivity contribution in [2.75, 3.05) is 13.7 Å². The highest BCUT2D eigenvalue weighted by Gasteiger charge is 2.81. The topological polar surface area (TPSA) is 21.8 Å². The Morgan fingerprint density at radius 2 is 2.12 bits per heavy atom. The van der Waals surface area contributed by atoms with Crippen molar-refractivity contribution in [1.29, 1.82) is 0 Å². The molecule has 1 heterocycles. The Hall–Kier alpha value is -1.02. The number of hydrogen-bond acceptors (Lipinski definition) is 2. The van der Waals surface area contributed by atoms with Crippen LogP contribution >= 0.6 is 0 Å². The van der Waals surface area contributed by atoms with Gasteiger partial charge in [-0.2, -0.15) is 0 Å². The zero-order chi connectivity index (χ0) is 16.3. The van der Waals surface area contributed by atoms with Gasteiger partial charge >= 0.3 is 0 Å². The highest BCUT2D eigenvalue weighted by atomic mass is 16.6. The molecule has 6 rings (SSSR count). The number of fused-ring (bicyclic) bond motifs is 9. The Labute approximate surface area is 144 Å². The van der Waals surface area contributed by atoms with E-state index in [9.17, 15) is 0 Å². The van der Waals surface area contributed by atoms with Crippen molar-refractivity contribution < 1.29 is 9.47 Å². The van der Waals surface area contributed by atoms with Crippen LogP contribution in [0.5, 0.6) is 5.75 Å². The normalized spacial score (nSPS) is 53.0. The minimum absolute atomic E-state index is 0.299. The Morgan fingerprint density at radius 3 is 2.88 bits per heavy atom. The zero-order valence-corrected chi connectivity index (χ0v) is 15.0. The third-order valence-corrected chi connectivity index (χ3v) is 8.86. The first-order valence-electron chi connectivity index (χ1n) is 9.90. The highest BCUT2D eigenvalue weighted by molar-refractivity contribution is 5.42. The minimum atomic E-state index is 0.299. The first-order chi connectivity index (χ1) is 11.6. The SMILES string of the molecule is COc1ccc2c(c1)C[C@@H](C)[C@H]1[C@H]3[C@H]4C[C@H]4[C@@]4(CO4)[C@@]3(C)CC[C@H]21. The number of ether oxygens (including phenoxy) is 2. The average molecular weight is 324 g/mol. The van der Waals surface area contributed by atoms with E-state index in [1.807, 2.05) is 0 Å². The molecule has 5 aliphatic rings. The Morgan fingerprint density at radius 1 is 1.29 bits per heavy atom. The van der Waals surface area contributed by atoms with Gasteiger partial charge in [0.1, 0.15) is 11.4 Å². The third-order valence-electron chi connectivity index (χ3n) is 8.86. The maximum atomic E-state index is 6.18. The number of methoxy groups -OCH3 is 1. The van der Waals surface area contributed by atoms with Crippen LogP contribution in [0.25, 0.3) is 0 Å². The predicted octanol–water partition coefficient (Wildman–Crippen LogP) is 4.42. The molecule has 0 amide bonds. The highest BCUT2D eigenvalue weighted by Crippen LogP contribution is 2.80. The van der Waals surface area contributed by atoms with Crippen LogP contribution in [0.3, 0.4) is 0 Å². The fourth-order valence-corrected chi connectivity index (χ4v) is 7.78. The molecule has 3 saturated carbocycles. The number of hydrogen-bond donors (Lipinski definition) is 0. The zero-order valence-electron chi connectivity index (χ0n) is 15.0. The Balaban J connectivity index is 1.44. The van der Waals surface area contributed by atoms with Gasteiger partial charge in [-0.15, -0.1) is 0 Å². The molecule has 1 aromatic carbocycles. The van der Waals surface area contributed by atoms with E-state index in [1.165, 1.54) is 25.7 Å². The lowest BCUT2D eigenvalue weighted by Gasteiger charge is -2.54. The van der Waals surface area contributed by atoms with E-state index in [4.69, 9.17) is 9.47 Å². The van der Waals surface area contributed by atoms with E-state index in [0.29, 0.717) is 11.0 Å². The molecule has 8 atom stereocenters. The van der Waals surface area contributed by atoms with E-state index < -0.39 is 0 Å². The van der Waals surface area contributed by atoms with Gasteiger partial charge in [0.25, 0.3) is 0 Å². The van der Waals surface area contributed by atoms with Crippen LogP contribution < -0.4 is 4.74 Å². The van der Waals surface area contributed by atoms with E-state index >= 15 is 0 Å². The second-order valence-electron chi connectivity index (χ2n) is 9.60. The molecule has 0 bridgehead atoms. The number of rotatable bonds is 1. The van der Waals surface area contributed by atoms with Crippen LogP contribution in [0.4, 0.5) is 0 Å². The van der Waals surface area contributed by atoms with Gasteiger partial charge in [0, 0.05) is 5.41 Å². The molecule has 4 aliphatic carbocycles. The van der Waals surface area contributed by atoms with E-state index in [2.05, 4.69) is 32.0 Å². The molecule has 24 heavy (non-hydrogen) atoms. The van der Waals surface area contributed by atoms with E-state index in [0.717, 1.165) is 47.9 Å². The predicted molar refractivity (Wildman–Crippen MR) is 93.2 cm³/mol. The second kappa shape index (κ2) is 4.20. The molecule has 1 saturated heterocycles. The largest absolute Gasteiger partial charge is 0.497 e. The van der Waals surface area contributed by atoms with Gasteiger partial charge in [-0.05, 0) is 84.5 Å². The molecular formula is C22H28O2. The van der Waals surface area contributed by atoms with Gasteiger partial charge in [0.05, 0.1) is 13.7 Å². The van der Waals surface area contributed by atoms with Crippen LogP contribution in [-0.4, -0.2) is 19.3 Å². The standard InChI is InChI=1S/C22H28O2/c1-12-8-13-9-14(23-3)4-5-15(13)16-6-7-21(2)20(19(12)16)17-10-18(17)22(21)11-24-22/h4-5,9,12,16-20H,6-8,10-11H2,1-3H3/t12-,16-,17+,18-,19-,20-,21+,22+/m1/s1. The summed E-state index contributed by atoms with van der Waals surface area (Å²) in [6.45, 7) is 6.16. The Kier molecular flexibility index (Phi) is 2.48. The van der Waals surface area contributed by atoms with Gasteiger partial charge in [-0.25, -0.2) is 0 Å². The first-order valence-corrected chi connectivity index (χ1v) is 9.90. The van der Waals surface area contributed by atoms with Gasteiger partial charge < -0.3 is 9.47 Å². The molecule has 1 aromatic rings. The molecule has 2 nitrogen and oxygen atoms in total. The lowest BCUT2D eigenvalue weighted by atomic mass is 9.50. The van der Waals surface area contributed by atoms with Crippen LogP contribution in [0.1, 0.15) is 50.2 Å². The molecule has 2 heteroatoms. The molecule has 1 spiro atoms. The average Bonchev–Trinajstić information content (AvgIpc) is 3.46. The summed E-state index contributed by atoms with van der Waals surface area (Å²) in [5.41, 5.74) is 3.94. The summed E-state index contributed by atoms with van der Waals surface area (Å²) in [4.78, 5) is 0. The van der Waals surface area contributed by atoms with Crippen LogP contribution in [0, 0.1) is 35.0 Å².